The molecule has 0 bridgehead atoms. The van der Waals surface area contributed by atoms with E-state index in [0.717, 1.165) is 52.4 Å². The van der Waals surface area contributed by atoms with E-state index in [0.29, 0.717) is 25.5 Å². The number of rotatable bonds is 12. The van der Waals surface area contributed by atoms with Crippen LogP contribution >= 0.6 is 0 Å². The highest BCUT2D eigenvalue weighted by Gasteiger charge is 2.12. The van der Waals surface area contributed by atoms with Gasteiger partial charge in [0.1, 0.15) is 17.3 Å². The molecule has 0 atom stereocenters. The number of imidazole rings is 1. The normalized spacial score (nSPS) is 11.2. The number of amides is 1. The van der Waals surface area contributed by atoms with Crippen molar-refractivity contribution in [1.29, 1.82) is 0 Å². The second-order valence-electron chi connectivity index (χ2n) is 9.72. The van der Waals surface area contributed by atoms with Gasteiger partial charge in [-0.15, -0.1) is 0 Å². The summed E-state index contributed by atoms with van der Waals surface area (Å²) in [5.74, 6) is 2.94. The highest BCUT2D eigenvalue weighted by Crippen LogP contribution is 2.26. The van der Waals surface area contributed by atoms with E-state index in [-0.39, 0.29) is 12.5 Å². The highest BCUT2D eigenvalue weighted by molar-refractivity contribution is 5.78. The van der Waals surface area contributed by atoms with E-state index in [1.165, 1.54) is 5.56 Å². The first-order valence-electron chi connectivity index (χ1n) is 13.0. The van der Waals surface area contributed by atoms with Crippen molar-refractivity contribution in [2.45, 2.75) is 53.0 Å². The SMILES string of the molecule is Cc1ccc(C)c(OCC(=O)NCCc2nc3ccccc3n2CCCOc2ccccc2C(C)C)c1. The van der Waals surface area contributed by atoms with Gasteiger partial charge in [-0.2, -0.15) is 0 Å². The molecule has 6 heteroatoms. The summed E-state index contributed by atoms with van der Waals surface area (Å²) in [6.07, 6.45) is 1.50. The minimum absolute atomic E-state index is 0.00407. The predicted octanol–water partition coefficient (Wildman–Crippen LogP) is 5.98. The molecule has 0 aliphatic carbocycles. The van der Waals surface area contributed by atoms with Gasteiger partial charge in [-0.25, -0.2) is 4.98 Å². The van der Waals surface area contributed by atoms with Gasteiger partial charge < -0.3 is 19.4 Å². The average molecular weight is 500 g/mol. The number of hydrogen-bond acceptors (Lipinski definition) is 4. The molecule has 0 saturated heterocycles. The second kappa shape index (κ2) is 12.4. The summed E-state index contributed by atoms with van der Waals surface area (Å²) >= 11 is 0. The van der Waals surface area contributed by atoms with Crippen LogP contribution in [0.2, 0.25) is 0 Å². The summed E-state index contributed by atoms with van der Waals surface area (Å²) in [5, 5.41) is 2.97. The fourth-order valence-corrected chi connectivity index (χ4v) is 4.43. The minimum Gasteiger partial charge on any atom is -0.493 e. The lowest BCUT2D eigenvalue weighted by atomic mass is 10.0. The predicted molar refractivity (Wildman–Crippen MR) is 149 cm³/mol. The molecule has 0 fully saturated rings. The molecule has 0 radical (unpaired) electrons. The Labute approximate surface area is 219 Å². The van der Waals surface area contributed by atoms with E-state index in [1.807, 2.05) is 62.4 Å². The number of aryl methyl sites for hydroxylation is 3. The number of ether oxygens (including phenoxy) is 2. The maximum absolute atomic E-state index is 12.4. The van der Waals surface area contributed by atoms with Gasteiger partial charge in [0.25, 0.3) is 5.91 Å². The molecule has 1 N–H and O–H groups in total. The maximum atomic E-state index is 12.4. The minimum atomic E-state index is -0.138. The second-order valence-corrected chi connectivity index (χ2v) is 9.72. The van der Waals surface area contributed by atoms with Gasteiger partial charge in [-0.1, -0.05) is 56.3 Å². The molecular weight excluding hydrogens is 462 g/mol. The van der Waals surface area contributed by atoms with Crippen molar-refractivity contribution in [3.63, 3.8) is 0 Å². The zero-order valence-corrected chi connectivity index (χ0v) is 22.3. The smallest absolute Gasteiger partial charge is 0.257 e. The molecule has 3 aromatic carbocycles. The molecule has 4 aromatic rings. The van der Waals surface area contributed by atoms with Gasteiger partial charge in [-0.3, -0.25) is 4.79 Å². The van der Waals surface area contributed by atoms with E-state index in [4.69, 9.17) is 14.5 Å². The largest absolute Gasteiger partial charge is 0.493 e. The first-order valence-corrected chi connectivity index (χ1v) is 13.0. The Hall–Kier alpha value is -3.80. The first-order chi connectivity index (χ1) is 17.9. The van der Waals surface area contributed by atoms with Crippen LogP contribution in [0.25, 0.3) is 11.0 Å². The van der Waals surface area contributed by atoms with Gasteiger partial charge >= 0.3 is 0 Å². The lowest BCUT2D eigenvalue weighted by Crippen LogP contribution is -2.31. The Morgan fingerprint density at radius 1 is 0.973 bits per heavy atom. The number of nitrogens with one attached hydrogen (secondary N) is 1. The summed E-state index contributed by atoms with van der Waals surface area (Å²) in [6.45, 7) is 10.3. The van der Waals surface area contributed by atoms with Crippen LogP contribution in [0.3, 0.4) is 0 Å². The number of hydrogen-bond donors (Lipinski definition) is 1. The van der Waals surface area contributed by atoms with Crippen molar-refractivity contribution >= 4 is 16.9 Å². The number of fused-ring (bicyclic) bond motifs is 1. The van der Waals surface area contributed by atoms with Crippen molar-refractivity contribution in [2.75, 3.05) is 19.8 Å². The highest BCUT2D eigenvalue weighted by atomic mass is 16.5. The number of nitrogens with zero attached hydrogens (tertiary/aromatic N) is 2. The summed E-state index contributed by atoms with van der Waals surface area (Å²) in [5.41, 5.74) is 5.42. The molecule has 0 unspecified atom stereocenters. The van der Waals surface area contributed by atoms with Crippen molar-refractivity contribution < 1.29 is 14.3 Å². The molecule has 0 saturated carbocycles. The van der Waals surface area contributed by atoms with Crippen LogP contribution < -0.4 is 14.8 Å². The average Bonchev–Trinajstić information content (AvgIpc) is 3.24. The van der Waals surface area contributed by atoms with Crippen molar-refractivity contribution in [2.24, 2.45) is 0 Å². The Balaban J connectivity index is 1.32. The molecule has 6 nitrogen and oxygen atoms in total. The third-order valence-electron chi connectivity index (χ3n) is 6.43. The van der Waals surface area contributed by atoms with Crippen LogP contribution in [-0.4, -0.2) is 35.2 Å². The van der Waals surface area contributed by atoms with Crippen LogP contribution in [0.5, 0.6) is 11.5 Å². The van der Waals surface area contributed by atoms with Gasteiger partial charge in [-0.05, 0) is 67.1 Å². The zero-order chi connectivity index (χ0) is 26.2. The first kappa shape index (κ1) is 26.3. The third-order valence-corrected chi connectivity index (χ3v) is 6.43. The Bertz CT molecular complexity index is 1340. The monoisotopic (exact) mass is 499 g/mol. The summed E-state index contributed by atoms with van der Waals surface area (Å²) in [7, 11) is 0. The van der Waals surface area contributed by atoms with Crippen molar-refractivity contribution in [3.8, 4) is 11.5 Å². The maximum Gasteiger partial charge on any atom is 0.257 e. The molecule has 1 heterocycles. The lowest BCUT2D eigenvalue weighted by Gasteiger charge is -2.15. The fraction of sp³-hybridized carbons (Fsp3) is 0.355. The number of carbonyl (C=O) groups is 1. The Morgan fingerprint density at radius 2 is 1.76 bits per heavy atom. The summed E-state index contributed by atoms with van der Waals surface area (Å²) in [6, 6.07) is 22.4. The van der Waals surface area contributed by atoms with Crippen LogP contribution in [0, 0.1) is 13.8 Å². The van der Waals surface area contributed by atoms with Gasteiger partial charge in [0.2, 0.25) is 0 Å². The number of carbonyl (C=O) groups excluding carboxylic acids is 1. The number of para-hydroxylation sites is 3. The Morgan fingerprint density at radius 3 is 2.59 bits per heavy atom. The summed E-state index contributed by atoms with van der Waals surface area (Å²) < 4.78 is 14.1. The van der Waals surface area contributed by atoms with Crippen LogP contribution in [0.4, 0.5) is 0 Å². The van der Waals surface area contributed by atoms with E-state index in [2.05, 4.69) is 41.9 Å². The zero-order valence-electron chi connectivity index (χ0n) is 22.3. The fourth-order valence-electron chi connectivity index (χ4n) is 4.43. The molecule has 194 valence electrons. The summed E-state index contributed by atoms with van der Waals surface area (Å²) in [4.78, 5) is 17.2. The molecule has 0 spiro atoms. The third kappa shape index (κ3) is 6.91. The van der Waals surface area contributed by atoms with Crippen molar-refractivity contribution in [3.05, 3.63) is 89.2 Å². The molecule has 1 amide bonds. The van der Waals surface area contributed by atoms with Gasteiger partial charge in [0.15, 0.2) is 6.61 Å². The van der Waals surface area contributed by atoms with Crippen LogP contribution in [-0.2, 0) is 17.8 Å². The topological polar surface area (TPSA) is 65.4 Å². The van der Waals surface area contributed by atoms with Gasteiger partial charge in [0, 0.05) is 19.5 Å². The van der Waals surface area contributed by atoms with E-state index >= 15 is 0 Å². The van der Waals surface area contributed by atoms with Crippen LogP contribution in [0.15, 0.2) is 66.7 Å². The standard InChI is InChI=1S/C31H37N3O3/c1-22(2)25-10-5-8-13-28(25)36-19-9-18-34-27-12-7-6-11-26(27)33-30(34)16-17-32-31(35)21-37-29-20-23(3)14-15-24(29)4/h5-8,10-15,20,22H,9,16-19,21H2,1-4H3,(H,32,35). The molecule has 37 heavy (non-hydrogen) atoms. The Kier molecular flexibility index (Phi) is 8.83. The van der Waals surface area contributed by atoms with E-state index in [1.54, 1.807) is 0 Å². The molecular formula is C31H37N3O3. The number of benzene rings is 3. The molecule has 0 aliphatic rings. The number of aromatic nitrogens is 2. The van der Waals surface area contributed by atoms with Crippen LogP contribution in [0.1, 0.15) is 48.7 Å². The lowest BCUT2D eigenvalue weighted by molar-refractivity contribution is -0.123. The molecule has 4 rings (SSSR count). The molecule has 1 aromatic heterocycles. The van der Waals surface area contributed by atoms with Crippen molar-refractivity contribution in [1.82, 2.24) is 14.9 Å². The van der Waals surface area contributed by atoms with E-state index in [9.17, 15) is 4.79 Å². The quantitative estimate of drug-likeness (QED) is 0.243. The molecule has 0 aliphatic heterocycles. The van der Waals surface area contributed by atoms with Gasteiger partial charge in [0.05, 0.1) is 17.6 Å². The van der Waals surface area contributed by atoms with E-state index < -0.39 is 0 Å².